The van der Waals surface area contributed by atoms with Crippen molar-refractivity contribution < 1.29 is 34.8 Å². The average molecular weight is 395 g/mol. The summed E-state index contributed by atoms with van der Waals surface area (Å²) in [4.78, 5) is 42.5. The van der Waals surface area contributed by atoms with Crippen LogP contribution in [-0.4, -0.2) is 59.5 Å². The molecule has 0 saturated carbocycles. The number of H-pyrrole nitrogens is 1. The first-order valence-electron chi connectivity index (χ1n) is 8.10. The molecule has 0 bridgehead atoms. The Morgan fingerprint density at radius 1 is 1.32 bits per heavy atom. The van der Waals surface area contributed by atoms with Crippen molar-refractivity contribution in [2.24, 2.45) is 0 Å². The molecule has 28 heavy (non-hydrogen) atoms. The second-order valence-electron chi connectivity index (χ2n) is 5.95. The number of carbonyl (C=O) groups is 1. The number of nitrogens with one attached hydrogen (secondary N) is 1. The van der Waals surface area contributed by atoms with E-state index >= 15 is 0 Å². The number of aromatic nitrogens is 3. The fraction of sp³-hybridized carbons (Fsp3) is 0.312. The molecule has 0 amide bonds. The summed E-state index contributed by atoms with van der Waals surface area (Å²) < 4.78 is 6.87. The summed E-state index contributed by atoms with van der Waals surface area (Å²) in [5.74, 6) is -2.05. The third kappa shape index (κ3) is 3.83. The lowest BCUT2D eigenvalue weighted by atomic mass is 10.2. The molecule has 3 unspecified atom stereocenters. The maximum atomic E-state index is 12.0. The van der Waals surface area contributed by atoms with Gasteiger partial charge in [-0.3, -0.25) is 14.3 Å². The van der Waals surface area contributed by atoms with Gasteiger partial charge >= 0.3 is 11.7 Å². The van der Waals surface area contributed by atoms with Gasteiger partial charge in [-0.05, 0) is 6.08 Å². The van der Waals surface area contributed by atoms with Crippen molar-refractivity contribution in [2.45, 2.75) is 24.9 Å². The van der Waals surface area contributed by atoms with E-state index < -0.39 is 54.0 Å². The number of aromatic hydroxyl groups is 2. The van der Waals surface area contributed by atoms with Gasteiger partial charge in [-0.25, -0.2) is 9.59 Å². The van der Waals surface area contributed by atoms with Gasteiger partial charge in [0.2, 0.25) is 11.8 Å². The highest BCUT2D eigenvalue weighted by molar-refractivity contribution is 5.87. The molecule has 0 aliphatic carbocycles. The topological polar surface area (TPSA) is 176 Å². The molecule has 1 aliphatic rings. The van der Waals surface area contributed by atoms with E-state index in [0.29, 0.717) is 4.73 Å². The zero-order chi connectivity index (χ0) is 20.4. The SMILES string of the molecule is O=C(C=Cc1cn(C2CC(O)C(CO)O2)c(=O)[nH]c1=O)On1c(O)ccc1O. The highest BCUT2D eigenvalue weighted by atomic mass is 16.7. The minimum Gasteiger partial charge on any atom is -0.492 e. The monoisotopic (exact) mass is 395 g/mol. The van der Waals surface area contributed by atoms with Gasteiger partial charge in [0.25, 0.3) is 5.56 Å². The third-order valence-electron chi connectivity index (χ3n) is 4.07. The summed E-state index contributed by atoms with van der Waals surface area (Å²) in [5.41, 5.74) is -1.67. The molecule has 3 rings (SSSR count). The summed E-state index contributed by atoms with van der Waals surface area (Å²) in [7, 11) is 0. The Morgan fingerprint density at radius 3 is 2.61 bits per heavy atom. The van der Waals surface area contributed by atoms with Crippen molar-refractivity contribution >= 4 is 12.0 Å². The van der Waals surface area contributed by atoms with Crippen molar-refractivity contribution in [2.75, 3.05) is 6.61 Å². The summed E-state index contributed by atoms with van der Waals surface area (Å²) >= 11 is 0. The lowest BCUT2D eigenvalue weighted by Crippen LogP contribution is -2.33. The lowest BCUT2D eigenvalue weighted by Gasteiger charge is -2.14. The molecule has 1 fully saturated rings. The minimum absolute atomic E-state index is 0.0224. The Hall–Kier alpha value is -3.35. The first kappa shape index (κ1) is 19.4. The van der Waals surface area contributed by atoms with Gasteiger partial charge in [0, 0.05) is 30.8 Å². The van der Waals surface area contributed by atoms with Crippen LogP contribution < -0.4 is 16.1 Å². The number of ether oxygens (including phenoxy) is 1. The number of aliphatic hydroxyl groups excluding tert-OH is 2. The van der Waals surface area contributed by atoms with Gasteiger partial charge in [0.05, 0.1) is 18.3 Å². The summed E-state index contributed by atoms with van der Waals surface area (Å²) in [6.45, 7) is -0.437. The number of rotatable bonds is 5. The molecule has 0 spiro atoms. The standard InChI is InChI=1S/C16H17N3O9/c20-7-10-9(21)5-13(27-10)18-6-8(15(25)17-16(18)26)1-4-14(24)28-19-11(22)2-3-12(19)23/h1-4,6,9-10,13,20-23H,5,7H2,(H,17,25,26). The van der Waals surface area contributed by atoms with Gasteiger partial charge in [-0.15, -0.1) is 4.73 Å². The van der Waals surface area contributed by atoms with Crippen LogP contribution in [0.3, 0.4) is 0 Å². The zero-order valence-corrected chi connectivity index (χ0v) is 14.3. The third-order valence-corrected chi connectivity index (χ3v) is 4.07. The number of aliphatic hydroxyl groups is 2. The Kier molecular flexibility index (Phi) is 5.35. The van der Waals surface area contributed by atoms with E-state index in [1.807, 2.05) is 0 Å². The lowest BCUT2D eigenvalue weighted by molar-refractivity contribution is -0.139. The maximum absolute atomic E-state index is 12.0. The van der Waals surface area contributed by atoms with Crippen LogP contribution in [-0.2, 0) is 9.53 Å². The molecule has 0 aromatic carbocycles. The predicted octanol–water partition coefficient (Wildman–Crippen LogP) is -1.94. The smallest absolute Gasteiger partial charge is 0.356 e. The van der Waals surface area contributed by atoms with E-state index in [0.717, 1.165) is 35.0 Å². The fourth-order valence-corrected chi connectivity index (χ4v) is 2.66. The number of hydrogen-bond donors (Lipinski definition) is 5. The second-order valence-corrected chi connectivity index (χ2v) is 5.95. The van der Waals surface area contributed by atoms with Crippen LogP contribution in [0.25, 0.3) is 6.08 Å². The largest absolute Gasteiger partial charge is 0.492 e. The van der Waals surface area contributed by atoms with Crippen LogP contribution in [0.5, 0.6) is 11.8 Å². The summed E-state index contributed by atoms with van der Waals surface area (Å²) in [5, 5.41) is 37.8. The Balaban J connectivity index is 1.81. The molecule has 2 aromatic heterocycles. The highest BCUT2D eigenvalue weighted by Crippen LogP contribution is 2.27. The number of carbonyl (C=O) groups excluding carboxylic acids is 1. The normalized spacial score (nSPS) is 22.0. The molecule has 2 aromatic rings. The van der Waals surface area contributed by atoms with Crippen LogP contribution >= 0.6 is 0 Å². The molecule has 5 N–H and O–H groups in total. The predicted molar refractivity (Wildman–Crippen MR) is 91.3 cm³/mol. The Labute approximate surface area is 156 Å². The fourth-order valence-electron chi connectivity index (χ4n) is 2.66. The molecular weight excluding hydrogens is 378 g/mol. The van der Waals surface area contributed by atoms with Crippen LogP contribution in [0.2, 0.25) is 0 Å². The summed E-state index contributed by atoms with van der Waals surface area (Å²) in [6.07, 6.45) is 0.304. The zero-order valence-electron chi connectivity index (χ0n) is 14.3. The van der Waals surface area contributed by atoms with Crippen LogP contribution in [0.4, 0.5) is 0 Å². The second kappa shape index (κ2) is 7.72. The van der Waals surface area contributed by atoms with E-state index in [2.05, 4.69) is 4.98 Å². The molecule has 12 heteroatoms. The molecule has 12 nitrogen and oxygen atoms in total. The van der Waals surface area contributed by atoms with Crippen molar-refractivity contribution in [1.29, 1.82) is 0 Å². The molecular formula is C16H17N3O9. The van der Waals surface area contributed by atoms with Crippen LogP contribution in [0.1, 0.15) is 18.2 Å². The van der Waals surface area contributed by atoms with Crippen molar-refractivity contribution in [3.05, 3.63) is 50.8 Å². The number of aromatic amines is 1. The number of hydrogen-bond acceptors (Lipinski definition) is 9. The first-order valence-corrected chi connectivity index (χ1v) is 8.10. The molecule has 0 radical (unpaired) electrons. The van der Waals surface area contributed by atoms with Crippen molar-refractivity contribution in [3.8, 4) is 11.8 Å². The van der Waals surface area contributed by atoms with Gasteiger partial charge in [-0.2, -0.15) is 0 Å². The summed E-state index contributed by atoms with van der Waals surface area (Å²) in [6, 6.07) is 2.20. The molecule has 1 aliphatic heterocycles. The van der Waals surface area contributed by atoms with E-state index in [-0.39, 0.29) is 12.0 Å². The van der Waals surface area contributed by atoms with Gasteiger partial charge in [0.15, 0.2) is 0 Å². The minimum atomic E-state index is -1.02. The van der Waals surface area contributed by atoms with E-state index in [9.17, 15) is 29.7 Å². The Morgan fingerprint density at radius 2 is 2.00 bits per heavy atom. The molecule has 3 atom stereocenters. The van der Waals surface area contributed by atoms with E-state index in [1.165, 1.54) is 0 Å². The van der Waals surface area contributed by atoms with Gasteiger partial charge in [0.1, 0.15) is 12.3 Å². The van der Waals surface area contributed by atoms with E-state index in [4.69, 9.17) is 14.7 Å². The maximum Gasteiger partial charge on any atom is 0.356 e. The van der Waals surface area contributed by atoms with E-state index in [1.54, 1.807) is 0 Å². The van der Waals surface area contributed by atoms with Gasteiger partial charge < -0.3 is 30.0 Å². The highest BCUT2D eigenvalue weighted by Gasteiger charge is 2.35. The Bertz CT molecular complexity index is 1000. The molecule has 3 heterocycles. The number of nitrogens with zero attached hydrogens (tertiary/aromatic N) is 2. The van der Waals surface area contributed by atoms with Crippen molar-refractivity contribution in [1.82, 2.24) is 14.3 Å². The van der Waals surface area contributed by atoms with Crippen LogP contribution in [0, 0.1) is 0 Å². The average Bonchev–Trinajstić information content (AvgIpc) is 3.17. The first-order chi connectivity index (χ1) is 13.3. The van der Waals surface area contributed by atoms with Crippen molar-refractivity contribution in [3.63, 3.8) is 0 Å². The van der Waals surface area contributed by atoms with Gasteiger partial charge in [-0.1, -0.05) is 0 Å². The van der Waals surface area contributed by atoms with Crippen LogP contribution in [0.15, 0.2) is 34.0 Å². The molecule has 150 valence electrons. The quantitative estimate of drug-likeness (QED) is 0.360. The molecule has 1 saturated heterocycles.